The number of carbonyl (C=O) groups excluding carboxylic acids is 2. The zero-order valence-corrected chi connectivity index (χ0v) is 41.9. The number of rotatable bonds is 51. The summed E-state index contributed by atoms with van der Waals surface area (Å²) >= 11 is 0. The summed E-state index contributed by atoms with van der Waals surface area (Å²) in [6.07, 6.45) is 64.4. The zero-order chi connectivity index (χ0) is 44.9. The molecule has 0 radical (unpaired) electrons. The van der Waals surface area contributed by atoms with Gasteiger partial charge in [-0.3, -0.25) is 9.59 Å². The lowest BCUT2D eigenvalue weighted by Gasteiger charge is -2.18. The molecule has 5 heteroatoms. The molecule has 0 amide bonds. The van der Waals surface area contributed by atoms with Crippen LogP contribution in [0, 0.1) is 0 Å². The third-order valence-corrected chi connectivity index (χ3v) is 12.1. The summed E-state index contributed by atoms with van der Waals surface area (Å²) in [6.45, 7) is 7.82. The Labute approximate surface area is 387 Å². The number of ether oxygens (including phenoxy) is 3. The summed E-state index contributed by atoms with van der Waals surface area (Å²) in [5.41, 5.74) is 0. The molecule has 1 unspecified atom stereocenters. The smallest absolute Gasteiger partial charge is 0.306 e. The van der Waals surface area contributed by atoms with Gasteiger partial charge in [0.25, 0.3) is 0 Å². The van der Waals surface area contributed by atoms with Crippen LogP contribution in [0.5, 0.6) is 0 Å². The Hall–Kier alpha value is -1.88. The monoisotopic (exact) mass is 871 g/mol. The first-order chi connectivity index (χ1) is 30.6. The number of allylic oxidation sites excluding steroid dienone is 6. The molecule has 0 saturated carbocycles. The molecule has 0 fully saturated rings. The molecule has 0 aromatic carbocycles. The minimum absolute atomic E-state index is 0.0824. The van der Waals surface area contributed by atoms with Gasteiger partial charge in [0.05, 0.1) is 6.61 Å². The van der Waals surface area contributed by atoms with Gasteiger partial charge < -0.3 is 14.2 Å². The van der Waals surface area contributed by atoms with Crippen LogP contribution in [-0.4, -0.2) is 37.9 Å². The molecule has 0 rings (SSSR count). The molecular weight excluding hydrogens is 765 g/mol. The number of esters is 2. The average molecular weight is 871 g/mol. The highest BCUT2D eigenvalue weighted by molar-refractivity contribution is 5.70. The van der Waals surface area contributed by atoms with Crippen LogP contribution in [-0.2, 0) is 23.8 Å². The van der Waals surface area contributed by atoms with Crippen molar-refractivity contribution in [1.29, 1.82) is 0 Å². The van der Waals surface area contributed by atoms with Gasteiger partial charge in [-0.15, -0.1) is 0 Å². The second kappa shape index (κ2) is 53.5. The second-order valence-electron chi connectivity index (χ2n) is 18.5. The maximum atomic E-state index is 12.8. The Morgan fingerprint density at radius 3 is 1.11 bits per heavy atom. The average Bonchev–Trinajstić information content (AvgIpc) is 3.27. The Balaban J connectivity index is 4.19. The van der Waals surface area contributed by atoms with Crippen LogP contribution >= 0.6 is 0 Å². The molecule has 364 valence electrons. The summed E-state index contributed by atoms with van der Waals surface area (Å²) in [5.74, 6) is -0.400. The summed E-state index contributed by atoms with van der Waals surface area (Å²) in [5, 5.41) is 0. The molecule has 0 spiro atoms. The molecule has 0 N–H and O–H groups in total. The normalized spacial score (nSPS) is 12.4. The van der Waals surface area contributed by atoms with Crippen molar-refractivity contribution in [3.05, 3.63) is 36.5 Å². The first kappa shape index (κ1) is 60.1. The van der Waals surface area contributed by atoms with E-state index in [0.717, 1.165) is 57.8 Å². The van der Waals surface area contributed by atoms with Crippen molar-refractivity contribution in [3.8, 4) is 0 Å². The van der Waals surface area contributed by atoms with Crippen molar-refractivity contribution in [2.24, 2.45) is 0 Å². The summed E-state index contributed by atoms with van der Waals surface area (Å²) < 4.78 is 17.4. The molecule has 0 aliphatic rings. The van der Waals surface area contributed by atoms with Gasteiger partial charge >= 0.3 is 11.9 Å². The van der Waals surface area contributed by atoms with Crippen molar-refractivity contribution in [1.82, 2.24) is 0 Å². The molecule has 0 aromatic heterocycles. The molecule has 5 nitrogen and oxygen atoms in total. The van der Waals surface area contributed by atoms with Crippen molar-refractivity contribution >= 4 is 11.9 Å². The summed E-state index contributed by atoms with van der Waals surface area (Å²) in [4.78, 5) is 25.4. The van der Waals surface area contributed by atoms with Gasteiger partial charge in [0.15, 0.2) is 6.10 Å². The fourth-order valence-electron chi connectivity index (χ4n) is 8.01. The van der Waals surface area contributed by atoms with E-state index >= 15 is 0 Å². The number of carbonyl (C=O) groups is 2. The number of hydrogen-bond acceptors (Lipinski definition) is 5. The molecule has 0 saturated heterocycles. The highest BCUT2D eigenvalue weighted by Crippen LogP contribution is 2.15. The van der Waals surface area contributed by atoms with Gasteiger partial charge in [-0.05, 0) is 77.0 Å². The highest BCUT2D eigenvalue weighted by Gasteiger charge is 2.17. The Morgan fingerprint density at radius 1 is 0.355 bits per heavy atom. The van der Waals surface area contributed by atoms with Gasteiger partial charge in [0.1, 0.15) is 6.61 Å². The Kier molecular flexibility index (Phi) is 51.8. The second-order valence-corrected chi connectivity index (χ2v) is 18.5. The molecular formula is C57H106O5. The molecule has 1 atom stereocenters. The highest BCUT2D eigenvalue weighted by atomic mass is 16.6. The van der Waals surface area contributed by atoms with Gasteiger partial charge in [-0.2, -0.15) is 0 Å². The van der Waals surface area contributed by atoms with E-state index < -0.39 is 6.10 Å². The minimum atomic E-state index is -0.537. The fraction of sp³-hybridized carbons (Fsp3) is 0.860. The van der Waals surface area contributed by atoms with E-state index in [1.165, 1.54) is 199 Å². The van der Waals surface area contributed by atoms with Gasteiger partial charge in [0.2, 0.25) is 0 Å². The third kappa shape index (κ3) is 50.8. The van der Waals surface area contributed by atoms with E-state index in [1.54, 1.807) is 0 Å². The van der Waals surface area contributed by atoms with Crippen LogP contribution < -0.4 is 0 Å². The van der Waals surface area contributed by atoms with E-state index in [9.17, 15) is 9.59 Å². The molecule has 0 bridgehead atoms. The SMILES string of the molecule is CCCCC/C=C\C/C=C\CCCCCCCC(=O)OCC(COCCCCCCCCCCCC/C=C\CCCCCCCC)OC(=O)CCCCCCCCCCCCC. The largest absolute Gasteiger partial charge is 0.462 e. The maximum absolute atomic E-state index is 12.8. The quantitative estimate of drug-likeness (QED) is 0.0346. The predicted molar refractivity (Wildman–Crippen MR) is 270 cm³/mol. The molecule has 0 aliphatic heterocycles. The van der Waals surface area contributed by atoms with Gasteiger partial charge in [-0.1, -0.05) is 237 Å². The predicted octanol–water partition coefficient (Wildman–Crippen LogP) is 18.6. The topological polar surface area (TPSA) is 61.8 Å². The summed E-state index contributed by atoms with van der Waals surface area (Å²) in [6, 6.07) is 0. The van der Waals surface area contributed by atoms with Gasteiger partial charge in [0, 0.05) is 19.4 Å². The Morgan fingerprint density at radius 2 is 0.677 bits per heavy atom. The van der Waals surface area contributed by atoms with Crippen molar-refractivity contribution < 1.29 is 23.8 Å². The van der Waals surface area contributed by atoms with E-state index in [0.29, 0.717) is 19.4 Å². The zero-order valence-electron chi connectivity index (χ0n) is 41.9. The van der Waals surface area contributed by atoms with Crippen LogP contribution in [0.1, 0.15) is 290 Å². The van der Waals surface area contributed by atoms with Crippen molar-refractivity contribution in [3.63, 3.8) is 0 Å². The lowest BCUT2D eigenvalue weighted by Crippen LogP contribution is -2.30. The van der Waals surface area contributed by atoms with E-state index in [2.05, 4.69) is 57.2 Å². The minimum Gasteiger partial charge on any atom is -0.462 e. The van der Waals surface area contributed by atoms with Gasteiger partial charge in [-0.25, -0.2) is 0 Å². The van der Waals surface area contributed by atoms with Crippen LogP contribution in [0.2, 0.25) is 0 Å². The van der Waals surface area contributed by atoms with Crippen LogP contribution in [0.25, 0.3) is 0 Å². The van der Waals surface area contributed by atoms with E-state index in [4.69, 9.17) is 14.2 Å². The molecule has 0 heterocycles. The maximum Gasteiger partial charge on any atom is 0.306 e. The number of unbranched alkanes of at least 4 members (excludes halogenated alkanes) is 34. The van der Waals surface area contributed by atoms with E-state index in [1.807, 2.05) is 0 Å². The van der Waals surface area contributed by atoms with Crippen LogP contribution in [0.3, 0.4) is 0 Å². The van der Waals surface area contributed by atoms with Crippen molar-refractivity contribution in [2.75, 3.05) is 19.8 Å². The first-order valence-corrected chi connectivity index (χ1v) is 27.5. The molecule has 0 aromatic rings. The van der Waals surface area contributed by atoms with Crippen LogP contribution in [0.15, 0.2) is 36.5 Å². The fourth-order valence-corrected chi connectivity index (χ4v) is 8.01. The standard InChI is InChI=1S/C57H106O5/c1-4-7-10-13-16-19-22-24-26-27-28-29-30-32-34-37-40-43-46-49-52-60-53-55(62-57(59)51-48-45-42-39-35-21-18-15-12-9-6-3)54-61-56(58)50-47-44-41-38-36-33-31-25-23-20-17-14-11-8-5-2/h17,20,24-26,31,55H,4-16,18-19,21-23,27-30,32-54H2,1-3H3/b20-17-,26-24-,31-25-. The lowest BCUT2D eigenvalue weighted by molar-refractivity contribution is -0.163. The number of hydrogen-bond donors (Lipinski definition) is 0. The summed E-state index contributed by atoms with van der Waals surface area (Å²) in [7, 11) is 0. The van der Waals surface area contributed by atoms with E-state index in [-0.39, 0.29) is 25.2 Å². The molecule has 0 aliphatic carbocycles. The lowest BCUT2D eigenvalue weighted by atomic mass is 10.1. The molecule has 62 heavy (non-hydrogen) atoms. The van der Waals surface area contributed by atoms with Crippen molar-refractivity contribution in [2.45, 2.75) is 297 Å². The third-order valence-electron chi connectivity index (χ3n) is 12.1. The Bertz CT molecular complexity index is 986. The first-order valence-electron chi connectivity index (χ1n) is 27.5. The van der Waals surface area contributed by atoms with Crippen LogP contribution in [0.4, 0.5) is 0 Å².